The van der Waals surface area contributed by atoms with Gasteiger partial charge in [0.05, 0.1) is 17.1 Å². The van der Waals surface area contributed by atoms with Gasteiger partial charge in [0.25, 0.3) is 12.5 Å². The zero-order valence-corrected chi connectivity index (χ0v) is 28.4. The molecule has 2 saturated heterocycles. The SMILES string of the molecule is CC(c1cccnc1N)N1c2nc(OC[C@@]34CCCN3CC(=C(F)F)C4)nc3c(F)c(-c4cccc5sc(N)c(C#N)c45)nc(c23)OC[C@@H]1C(F)F. The molecule has 2 fully saturated rings. The van der Waals surface area contributed by atoms with Gasteiger partial charge in [0.1, 0.15) is 52.7 Å². The molecule has 3 aliphatic heterocycles. The minimum Gasteiger partial charge on any atom is -0.475 e. The van der Waals surface area contributed by atoms with Gasteiger partial charge in [-0.05, 0) is 44.9 Å². The molecule has 4 N–H and O–H groups in total. The van der Waals surface area contributed by atoms with E-state index in [1.54, 1.807) is 37.3 Å². The largest absolute Gasteiger partial charge is 0.475 e. The first-order valence-corrected chi connectivity index (χ1v) is 17.3. The van der Waals surface area contributed by atoms with Crippen molar-refractivity contribution in [2.24, 2.45) is 0 Å². The van der Waals surface area contributed by atoms with E-state index in [9.17, 15) is 14.0 Å². The summed E-state index contributed by atoms with van der Waals surface area (Å²) in [6.45, 7) is 1.63. The van der Waals surface area contributed by atoms with Crippen molar-refractivity contribution in [3.63, 3.8) is 0 Å². The zero-order valence-electron chi connectivity index (χ0n) is 27.5. The number of benzene rings is 1. The molecule has 17 heteroatoms. The van der Waals surface area contributed by atoms with Gasteiger partial charge < -0.3 is 25.8 Å². The number of nitrogens with zero attached hydrogens (tertiary/aromatic N) is 7. The number of fused-ring (bicyclic) bond motifs is 2. The summed E-state index contributed by atoms with van der Waals surface area (Å²) in [5.74, 6) is -1.22. The molecule has 11 nitrogen and oxygen atoms in total. The summed E-state index contributed by atoms with van der Waals surface area (Å²) < 4.78 is 87.5. The molecule has 8 rings (SSSR count). The lowest BCUT2D eigenvalue weighted by Crippen LogP contribution is -2.46. The van der Waals surface area contributed by atoms with Gasteiger partial charge in [0.2, 0.25) is 5.88 Å². The van der Waals surface area contributed by atoms with E-state index in [4.69, 9.17) is 20.9 Å². The standard InChI is InChI=1S/C35H30F5N9O2S/c1-16(18-6-3-9-44-30(18)42)49-21(29(39)40)14-50-33-24-27(25(36)26(45-33)19-5-2-7-22-23(19)20(12-41)31(43)52-22)46-34(47-32(24)49)51-15-35-8-4-10-48(35)13-17(11-35)28(37)38/h2-3,5-7,9,16,21,29H,4,8,10-11,13-15,43H2,1H3,(H2,42,44)/t16?,21-,35+/m1/s1. The van der Waals surface area contributed by atoms with E-state index in [1.807, 2.05) is 4.90 Å². The molecule has 0 aliphatic carbocycles. The number of pyridine rings is 2. The summed E-state index contributed by atoms with van der Waals surface area (Å²) >= 11 is 1.15. The first-order valence-electron chi connectivity index (χ1n) is 16.4. The van der Waals surface area contributed by atoms with Crippen LogP contribution in [0.5, 0.6) is 11.9 Å². The van der Waals surface area contributed by atoms with E-state index >= 15 is 13.2 Å². The third-order valence-electron chi connectivity index (χ3n) is 10.2. The molecule has 4 aromatic heterocycles. The molecule has 3 aliphatic rings. The van der Waals surface area contributed by atoms with E-state index in [0.717, 1.165) is 17.8 Å². The van der Waals surface area contributed by atoms with E-state index in [2.05, 4.69) is 26.0 Å². The number of halogens is 5. The van der Waals surface area contributed by atoms with Gasteiger partial charge in [-0.25, -0.2) is 23.1 Å². The first-order chi connectivity index (χ1) is 25.0. The maximum Gasteiger partial charge on any atom is 0.319 e. The van der Waals surface area contributed by atoms with Crippen LogP contribution in [-0.2, 0) is 0 Å². The summed E-state index contributed by atoms with van der Waals surface area (Å²) in [6.07, 6.45) is -1.85. The van der Waals surface area contributed by atoms with Crippen LogP contribution >= 0.6 is 11.3 Å². The Labute approximate surface area is 297 Å². The molecule has 0 spiro atoms. The van der Waals surface area contributed by atoms with Crippen molar-refractivity contribution in [3.8, 4) is 29.2 Å². The Kier molecular flexibility index (Phi) is 8.26. The highest BCUT2D eigenvalue weighted by Gasteiger charge is 2.48. The monoisotopic (exact) mass is 735 g/mol. The lowest BCUT2D eigenvalue weighted by atomic mass is 9.94. The number of hydrogen-bond donors (Lipinski definition) is 2. The Hall–Kier alpha value is -5.34. The Morgan fingerprint density at radius 1 is 1.17 bits per heavy atom. The van der Waals surface area contributed by atoms with Gasteiger partial charge in [-0.1, -0.05) is 18.2 Å². The van der Waals surface area contributed by atoms with E-state index in [0.29, 0.717) is 28.6 Å². The van der Waals surface area contributed by atoms with Crippen LogP contribution in [0, 0.1) is 17.1 Å². The number of nitrogen functional groups attached to an aromatic ring is 2. The number of anilines is 3. The average molecular weight is 736 g/mol. The van der Waals surface area contributed by atoms with Crippen molar-refractivity contribution in [2.45, 2.75) is 50.2 Å². The molecule has 52 heavy (non-hydrogen) atoms. The Morgan fingerprint density at radius 2 is 2.00 bits per heavy atom. The number of aromatic nitrogens is 4. The molecular formula is C35H30F5N9O2S. The van der Waals surface area contributed by atoms with Crippen LogP contribution in [0.15, 0.2) is 48.2 Å². The number of alkyl halides is 2. The molecule has 0 radical (unpaired) electrons. The lowest BCUT2D eigenvalue weighted by Gasteiger charge is -2.36. The van der Waals surface area contributed by atoms with Gasteiger partial charge in [0, 0.05) is 39.5 Å². The van der Waals surface area contributed by atoms with Crippen molar-refractivity contribution in [2.75, 3.05) is 42.7 Å². The van der Waals surface area contributed by atoms with Crippen LogP contribution in [0.4, 0.5) is 38.6 Å². The van der Waals surface area contributed by atoms with Crippen LogP contribution in [0.25, 0.3) is 32.2 Å². The van der Waals surface area contributed by atoms with Crippen LogP contribution in [-0.4, -0.2) is 69.1 Å². The molecule has 0 saturated carbocycles. The van der Waals surface area contributed by atoms with Crippen molar-refractivity contribution in [3.05, 3.63) is 65.1 Å². The highest BCUT2D eigenvalue weighted by Crippen LogP contribution is 2.47. The molecule has 1 aromatic carbocycles. The quantitative estimate of drug-likeness (QED) is 0.169. The third-order valence-corrected chi connectivity index (χ3v) is 11.2. The second kappa shape index (κ2) is 12.7. The molecule has 3 atom stereocenters. The summed E-state index contributed by atoms with van der Waals surface area (Å²) in [4.78, 5) is 20.9. The second-order valence-corrected chi connectivity index (χ2v) is 14.2. The van der Waals surface area contributed by atoms with Crippen LogP contribution in [0.3, 0.4) is 0 Å². The first kappa shape index (κ1) is 33.8. The normalized spacial score (nSPS) is 20.6. The van der Waals surface area contributed by atoms with Gasteiger partial charge in [-0.3, -0.25) is 4.90 Å². The number of thiophene rings is 1. The minimum absolute atomic E-state index is 0.0201. The molecule has 0 bridgehead atoms. The van der Waals surface area contributed by atoms with E-state index in [-0.39, 0.29) is 81.4 Å². The highest BCUT2D eigenvalue weighted by atomic mass is 32.1. The minimum atomic E-state index is -2.99. The molecular weight excluding hydrogens is 706 g/mol. The fourth-order valence-corrected chi connectivity index (χ4v) is 8.72. The van der Waals surface area contributed by atoms with Gasteiger partial charge in [-0.15, -0.1) is 11.3 Å². The van der Waals surface area contributed by atoms with Crippen molar-refractivity contribution < 1.29 is 31.4 Å². The van der Waals surface area contributed by atoms with Crippen LogP contribution < -0.4 is 25.8 Å². The number of nitrogens with two attached hydrogens (primary N) is 2. The Morgan fingerprint density at radius 3 is 2.75 bits per heavy atom. The number of nitriles is 1. The molecule has 268 valence electrons. The summed E-state index contributed by atoms with van der Waals surface area (Å²) in [5, 5.41) is 10.4. The summed E-state index contributed by atoms with van der Waals surface area (Å²) in [5.41, 5.74) is 11.8. The van der Waals surface area contributed by atoms with E-state index < -0.39 is 42.6 Å². The summed E-state index contributed by atoms with van der Waals surface area (Å²) in [6, 6.07) is 7.42. The van der Waals surface area contributed by atoms with Crippen LogP contribution in [0.1, 0.15) is 43.4 Å². The number of hydrogen-bond acceptors (Lipinski definition) is 12. The maximum atomic E-state index is 17.2. The Balaban J connectivity index is 1.35. The fraction of sp³-hybridized carbons (Fsp3) is 0.343. The molecule has 1 unspecified atom stereocenters. The molecule has 0 amide bonds. The number of rotatable bonds is 7. The van der Waals surface area contributed by atoms with Crippen molar-refractivity contribution in [1.82, 2.24) is 24.8 Å². The molecule has 5 aromatic rings. The maximum absolute atomic E-state index is 17.2. The lowest BCUT2D eigenvalue weighted by molar-refractivity contribution is 0.0820. The van der Waals surface area contributed by atoms with Crippen molar-refractivity contribution >= 4 is 49.0 Å². The Bertz CT molecular complexity index is 2330. The predicted octanol–water partition coefficient (Wildman–Crippen LogP) is 6.84. The smallest absolute Gasteiger partial charge is 0.319 e. The van der Waals surface area contributed by atoms with Gasteiger partial charge in [0.15, 0.2) is 11.6 Å². The van der Waals surface area contributed by atoms with Crippen LogP contribution in [0.2, 0.25) is 0 Å². The highest BCUT2D eigenvalue weighted by molar-refractivity contribution is 7.23. The zero-order chi connectivity index (χ0) is 36.5. The second-order valence-electron chi connectivity index (χ2n) is 13.1. The predicted molar refractivity (Wildman–Crippen MR) is 185 cm³/mol. The summed E-state index contributed by atoms with van der Waals surface area (Å²) in [7, 11) is 0. The van der Waals surface area contributed by atoms with E-state index in [1.165, 1.54) is 11.1 Å². The number of ether oxygens (including phenoxy) is 2. The van der Waals surface area contributed by atoms with Gasteiger partial charge >= 0.3 is 6.01 Å². The van der Waals surface area contributed by atoms with Crippen molar-refractivity contribution in [1.29, 1.82) is 5.26 Å². The fourth-order valence-electron chi connectivity index (χ4n) is 7.78. The van der Waals surface area contributed by atoms with Gasteiger partial charge in [-0.2, -0.15) is 24.0 Å². The molecule has 7 heterocycles. The third kappa shape index (κ3) is 5.31. The topological polar surface area (TPSA) is 152 Å². The average Bonchev–Trinajstić information content (AvgIpc) is 3.75.